The number of carboxylic acid groups (broad SMARTS) is 1. The number of nitrogens with one attached hydrogen (secondary N) is 1. The van der Waals surface area contributed by atoms with Crippen LogP contribution in [0.3, 0.4) is 0 Å². The zero-order chi connectivity index (χ0) is 24.6. The molecule has 1 aromatic heterocycles. The SMILES string of the molecule is O=C(O)C(F)(F)F.O=c1ccc(N2CCN(CCc3ccc(-c4ccccc4)cc3)CC2)n[nH]1. The summed E-state index contributed by atoms with van der Waals surface area (Å²) < 4.78 is 31.7. The van der Waals surface area contributed by atoms with Crippen molar-refractivity contribution in [2.75, 3.05) is 37.6 Å². The number of piperazine rings is 1. The van der Waals surface area contributed by atoms with Crippen molar-refractivity contribution in [3.63, 3.8) is 0 Å². The maximum atomic E-state index is 11.1. The van der Waals surface area contributed by atoms with Gasteiger partial charge in [0, 0.05) is 38.8 Å². The molecule has 0 amide bonds. The van der Waals surface area contributed by atoms with Gasteiger partial charge in [0.2, 0.25) is 0 Å². The van der Waals surface area contributed by atoms with E-state index in [1.807, 2.05) is 6.07 Å². The molecule has 2 aromatic carbocycles. The summed E-state index contributed by atoms with van der Waals surface area (Å²) in [6.07, 6.45) is -4.02. The van der Waals surface area contributed by atoms with Crippen molar-refractivity contribution in [3.8, 4) is 11.1 Å². The summed E-state index contributed by atoms with van der Waals surface area (Å²) in [5.41, 5.74) is 3.74. The first-order valence-electron chi connectivity index (χ1n) is 10.7. The van der Waals surface area contributed by atoms with Crippen molar-refractivity contribution in [2.45, 2.75) is 12.6 Å². The van der Waals surface area contributed by atoms with E-state index >= 15 is 0 Å². The van der Waals surface area contributed by atoms with E-state index in [9.17, 15) is 18.0 Å². The highest BCUT2D eigenvalue weighted by Gasteiger charge is 2.38. The lowest BCUT2D eigenvalue weighted by Gasteiger charge is -2.35. The Morgan fingerprint density at radius 1 is 0.912 bits per heavy atom. The molecule has 1 aliphatic heterocycles. The number of H-pyrrole nitrogens is 1. The maximum absolute atomic E-state index is 11.1. The fourth-order valence-electron chi connectivity index (χ4n) is 3.50. The molecular weight excluding hydrogens is 449 g/mol. The van der Waals surface area contributed by atoms with E-state index in [1.54, 1.807) is 6.07 Å². The Morgan fingerprint density at radius 3 is 2.03 bits per heavy atom. The number of aromatic amines is 1. The molecule has 2 heterocycles. The molecule has 0 spiro atoms. The first-order chi connectivity index (χ1) is 16.2. The number of nitrogens with zero attached hydrogens (tertiary/aromatic N) is 3. The third-order valence-corrected chi connectivity index (χ3v) is 5.38. The number of hydrogen-bond acceptors (Lipinski definition) is 5. The highest BCUT2D eigenvalue weighted by molar-refractivity contribution is 5.73. The van der Waals surface area contributed by atoms with E-state index < -0.39 is 12.1 Å². The van der Waals surface area contributed by atoms with Gasteiger partial charge in [-0.3, -0.25) is 9.69 Å². The van der Waals surface area contributed by atoms with Crippen LogP contribution in [0.1, 0.15) is 5.56 Å². The number of rotatable bonds is 5. The second-order valence-electron chi connectivity index (χ2n) is 7.72. The molecule has 2 N–H and O–H groups in total. The molecule has 1 aliphatic rings. The van der Waals surface area contributed by atoms with Crippen molar-refractivity contribution in [3.05, 3.63) is 82.6 Å². The molecule has 34 heavy (non-hydrogen) atoms. The van der Waals surface area contributed by atoms with Gasteiger partial charge in [-0.05, 0) is 29.2 Å². The van der Waals surface area contributed by atoms with Crippen LogP contribution in [-0.4, -0.2) is 65.1 Å². The molecule has 0 radical (unpaired) electrons. The fraction of sp³-hybridized carbons (Fsp3) is 0.292. The quantitative estimate of drug-likeness (QED) is 0.589. The van der Waals surface area contributed by atoms with Gasteiger partial charge >= 0.3 is 12.1 Å². The minimum atomic E-state index is -5.08. The van der Waals surface area contributed by atoms with Crippen LogP contribution in [0, 0.1) is 0 Å². The van der Waals surface area contributed by atoms with Gasteiger partial charge in [0.15, 0.2) is 0 Å². The highest BCUT2D eigenvalue weighted by Crippen LogP contribution is 2.20. The molecular formula is C24H25F3N4O3. The Kier molecular flexibility index (Phi) is 8.42. The molecule has 7 nitrogen and oxygen atoms in total. The van der Waals surface area contributed by atoms with E-state index in [0.717, 1.165) is 45.0 Å². The van der Waals surface area contributed by atoms with E-state index in [1.165, 1.54) is 22.8 Å². The molecule has 0 aliphatic carbocycles. The number of aliphatic carboxylic acids is 1. The smallest absolute Gasteiger partial charge is 0.475 e. The Labute approximate surface area is 194 Å². The van der Waals surface area contributed by atoms with Gasteiger partial charge in [-0.1, -0.05) is 54.6 Å². The van der Waals surface area contributed by atoms with Crippen molar-refractivity contribution >= 4 is 11.8 Å². The normalized spacial score (nSPS) is 14.3. The number of alkyl halides is 3. The van der Waals surface area contributed by atoms with Crippen molar-refractivity contribution in [1.29, 1.82) is 0 Å². The average Bonchev–Trinajstić information content (AvgIpc) is 2.84. The largest absolute Gasteiger partial charge is 0.490 e. The maximum Gasteiger partial charge on any atom is 0.490 e. The monoisotopic (exact) mass is 474 g/mol. The molecule has 1 saturated heterocycles. The lowest BCUT2D eigenvalue weighted by molar-refractivity contribution is -0.192. The zero-order valence-corrected chi connectivity index (χ0v) is 18.3. The number of aromatic nitrogens is 2. The summed E-state index contributed by atoms with van der Waals surface area (Å²) in [5, 5.41) is 13.8. The number of halogens is 3. The molecule has 0 atom stereocenters. The number of hydrogen-bond donors (Lipinski definition) is 2. The van der Waals surface area contributed by atoms with Crippen molar-refractivity contribution in [2.24, 2.45) is 0 Å². The molecule has 0 saturated carbocycles. The Balaban J connectivity index is 0.000000406. The predicted octanol–water partition coefficient (Wildman–Crippen LogP) is 3.43. The van der Waals surface area contributed by atoms with Crippen LogP contribution in [0.4, 0.5) is 19.0 Å². The van der Waals surface area contributed by atoms with Gasteiger partial charge in [0.1, 0.15) is 5.82 Å². The third kappa shape index (κ3) is 7.45. The van der Waals surface area contributed by atoms with Crippen molar-refractivity contribution < 1.29 is 23.1 Å². The molecule has 1 fully saturated rings. The Morgan fingerprint density at radius 2 is 1.50 bits per heavy atom. The molecule has 4 rings (SSSR count). The summed E-state index contributed by atoms with van der Waals surface area (Å²) in [6.45, 7) is 4.97. The first-order valence-corrected chi connectivity index (χ1v) is 10.7. The van der Waals surface area contributed by atoms with Gasteiger partial charge in [-0.2, -0.15) is 18.3 Å². The minimum absolute atomic E-state index is 0.157. The number of benzene rings is 2. The van der Waals surface area contributed by atoms with Crippen LogP contribution in [-0.2, 0) is 11.2 Å². The number of carbonyl (C=O) groups is 1. The zero-order valence-electron chi connectivity index (χ0n) is 18.3. The van der Waals surface area contributed by atoms with Gasteiger partial charge in [-0.25, -0.2) is 9.89 Å². The van der Waals surface area contributed by atoms with E-state index in [-0.39, 0.29) is 5.56 Å². The van der Waals surface area contributed by atoms with Crippen LogP contribution in [0.2, 0.25) is 0 Å². The predicted molar refractivity (Wildman–Crippen MR) is 123 cm³/mol. The molecule has 0 bridgehead atoms. The van der Waals surface area contributed by atoms with Crippen LogP contribution >= 0.6 is 0 Å². The van der Waals surface area contributed by atoms with Gasteiger partial charge in [0.05, 0.1) is 0 Å². The lowest BCUT2D eigenvalue weighted by Crippen LogP contribution is -2.47. The molecule has 180 valence electrons. The van der Waals surface area contributed by atoms with E-state index in [0.29, 0.717) is 0 Å². The van der Waals surface area contributed by atoms with Gasteiger partial charge in [-0.15, -0.1) is 0 Å². The topological polar surface area (TPSA) is 89.5 Å². The van der Waals surface area contributed by atoms with Crippen LogP contribution in [0.25, 0.3) is 11.1 Å². The number of anilines is 1. The Bertz CT molecular complexity index is 1090. The lowest BCUT2D eigenvalue weighted by atomic mass is 10.0. The average molecular weight is 474 g/mol. The second-order valence-corrected chi connectivity index (χ2v) is 7.72. The molecule has 10 heteroatoms. The van der Waals surface area contributed by atoms with Gasteiger partial charge < -0.3 is 10.0 Å². The highest BCUT2D eigenvalue weighted by atomic mass is 19.4. The van der Waals surface area contributed by atoms with Crippen LogP contribution in [0.15, 0.2) is 71.5 Å². The fourth-order valence-corrected chi connectivity index (χ4v) is 3.50. The summed E-state index contributed by atoms with van der Waals surface area (Å²) >= 11 is 0. The number of carboxylic acids is 1. The van der Waals surface area contributed by atoms with Crippen LogP contribution < -0.4 is 10.5 Å². The minimum Gasteiger partial charge on any atom is -0.475 e. The summed E-state index contributed by atoms with van der Waals surface area (Å²) in [7, 11) is 0. The van der Waals surface area contributed by atoms with Crippen molar-refractivity contribution in [1.82, 2.24) is 15.1 Å². The molecule has 0 unspecified atom stereocenters. The van der Waals surface area contributed by atoms with E-state index in [4.69, 9.17) is 9.90 Å². The first kappa shape index (κ1) is 25.0. The summed E-state index contributed by atoms with van der Waals surface area (Å²) in [5.74, 6) is -1.90. The van der Waals surface area contributed by atoms with E-state index in [2.05, 4.69) is 68.5 Å². The molecule has 3 aromatic rings. The van der Waals surface area contributed by atoms with Crippen LogP contribution in [0.5, 0.6) is 0 Å². The Hall–Kier alpha value is -3.66. The second kappa shape index (κ2) is 11.5. The third-order valence-electron chi connectivity index (χ3n) is 5.38. The summed E-state index contributed by atoms with van der Waals surface area (Å²) in [6, 6.07) is 22.7. The summed E-state index contributed by atoms with van der Waals surface area (Å²) in [4.78, 5) is 24.7. The standard InChI is InChI=1S/C22H24N4O.C2HF3O2/c27-22-11-10-21(23-24-22)26-16-14-25(15-17-26)13-12-18-6-8-20(9-7-18)19-4-2-1-3-5-19;3-2(4,5)1(6)7/h1-11H,12-17H2,(H,24,27);(H,6,7). The van der Waals surface area contributed by atoms with Gasteiger partial charge in [0.25, 0.3) is 5.56 Å².